The first-order chi connectivity index (χ1) is 8.41. The molecule has 4 nitrogen and oxygen atoms in total. The maximum Gasteiger partial charge on any atom is 0.217 e. The summed E-state index contributed by atoms with van der Waals surface area (Å²) in [6, 6.07) is 0. The molecule has 2 rings (SSSR count). The van der Waals surface area contributed by atoms with Gasteiger partial charge < -0.3 is 15.6 Å². The van der Waals surface area contributed by atoms with Crippen molar-refractivity contribution in [3.63, 3.8) is 0 Å². The van der Waals surface area contributed by atoms with Crippen molar-refractivity contribution in [3.05, 3.63) is 16.7 Å². The first-order valence-electron chi connectivity index (χ1n) is 5.86. The van der Waals surface area contributed by atoms with Gasteiger partial charge in [-0.15, -0.1) is 0 Å². The van der Waals surface area contributed by atoms with Crippen molar-refractivity contribution >= 4 is 17.7 Å². The molecule has 1 atom stereocenters. The summed E-state index contributed by atoms with van der Waals surface area (Å²) < 4.78 is 5.85. The van der Waals surface area contributed by atoms with Gasteiger partial charge in [0.1, 0.15) is 16.9 Å². The molecular weight excluding hydrogens is 250 g/mol. The standard InChI is InChI=1S/C13H17NO3S/c1-6-7(2)12-13(8(3)11(6)16)18-10(17-12)5-4-9(14)15/h10,16H,4-5H2,1-3H3,(H2,14,15). The summed E-state index contributed by atoms with van der Waals surface area (Å²) >= 11 is 1.55. The lowest BCUT2D eigenvalue weighted by Gasteiger charge is -2.12. The number of nitrogens with two attached hydrogens (primary N) is 1. The Morgan fingerprint density at radius 2 is 2.00 bits per heavy atom. The van der Waals surface area contributed by atoms with Crippen LogP contribution in [0.15, 0.2) is 4.90 Å². The molecule has 98 valence electrons. The van der Waals surface area contributed by atoms with Crippen molar-refractivity contribution in [2.75, 3.05) is 0 Å². The summed E-state index contributed by atoms with van der Waals surface area (Å²) in [6.07, 6.45) is 0.905. The Morgan fingerprint density at radius 3 is 2.61 bits per heavy atom. The number of amides is 1. The van der Waals surface area contributed by atoms with Crippen LogP contribution in [0.25, 0.3) is 0 Å². The van der Waals surface area contributed by atoms with Crippen LogP contribution in [0.1, 0.15) is 29.5 Å². The zero-order chi connectivity index (χ0) is 13.4. The van der Waals surface area contributed by atoms with Crippen molar-refractivity contribution in [1.29, 1.82) is 0 Å². The molecule has 1 aliphatic heterocycles. The Morgan fingerprint density at radius 1 is 1.33 bits per heavy atom. The molecule has 1 amide bonds. The maximum absolute atomic E-state index is 10.8. The zero-order valence-corrected chi connectivity index (χ0v) is 11.6. The van der Waals surface area contributed by atoms with Gasteiger partial charge >= 0.3 is 0 Å². The van der Waals surface area contributed by atoms with E-state index >= 15 is 0 Å². The van der Waals surface area contributed by atoms with Crippen molar-refractivity contribution in [3.8, 4) is 11.5 Å². The summed E-state index contributed by atoms with van der Waals surface area (Å²) in [5.41, 5.74) is 7.71. The van der Waals surface area contributed by atoms with Crippen LogP contribution in [0.3, 0.4) is 0 Å². The highest BCUT2D eigenvalue weighted by Gasteiger charge is 2.29. The van der Waals surface area contributed by atoms with Gasteiger partial charge in [0.25, 0.3) is 0 Å². The fourth-order valence-electron chi connectivity index (χ4n) is 2.03. The van der Waals surface area contributed by atoms with E-state index in [2.05, 4.69) is 0 Å². The highest BCUT2D eigenvalue weighted by Crippen LogP contribution is 2.50. The van der Waals surface area contributed by atoms with E-state index in [1.165, 1.54) is 0 Å². The van der Waals surface area contributed by atoms with E-state index in [0.29, 0.717) is 18.6 Å². The van der Waals surface area contributed by atoms with Gasteiger partial charge in [0.05, 0.1) is 4.90 Å². The molecule has 0 spiro atoms. The van der Waals surface area contributed by atoms with Crippen molar-refractivity contribution in [2.45, 2.75) is 43.9 Å². The summed E-state index contributed by atoms with van der Waals surface area (Å²) in [4.78, 5) is 11.8. The van der Waals surface area contributed by atoms with E-state index in [9.17, 15) is 9.90 Å². The Labute approximate surface area is 111 Å². The number of aromatic hydroxyl groups is 1. The summed E-state index contributed by atoms with van der Waals surface area (Å²) in [6.45, 7) is 5.69. The molecule has 0 saturated heterocycles. The minimum Gasteiger partial charge on any atom is -0.507 e. The lowest BCUT2D eigenvalue weighted by Crippen LogP contribution is -2.15. The van der Waals surface area contributed by atoms with Crippen LogP contribution in [-0.4, -0.2) is 16.4 Å². The van der Waals surface area contributed by atoms with Crippen molar-refractivity contribution in [1.82, 2.24) is 0 Å². The largest absolute Gasteiger partial charge is 0.507 e. The van der Waals surface area contributed by atoms with E-state index in [-0.39, 0.29) is 11.3 Å². The molecule has 1 heterocycles. The second-order valence-electron chi connectivity index (χ2n) is 4.55. The minimum absolute atomic E-state index is 0.0916. The molecular formula is C13H17NO3S. The molecule has 0 radical (unpaired) electrons. The van der Waals surface area contributed by atoms with Gasteiger partial charge in [-0.2, -0.15) is 0 Å². The van der Waals surface area contributed by atoms with E-state index in [4.69, 9.17) is 10.5 Å². The predicted molar refractivity (Wildman–Crippen MR) is 71.0 cm³/mol. The molecule has 0 aliphatic carbocycles. The summed E-state index contributed by atoms with van der Waals surface area (Å²) in [5.74, 6) is 0.850. The lowest BCUT2D eigenvalue weighted by atomic mass is 10.0. The molecule has 3 N–H and O–H groups in total. The summed E-state index contributed by atoms with van der Waals surface area (Å²) in [7, 11) is 0. The third kappa shape index (κ3) is 2.14. The topological polar surface area (TPSA) is 72.5 Å². The van der Waals surface area contributed by atoms with Crippen LogP contribution in [-0.2, 0) is 4.79 Å². The molecule has 0 bridgehead atoms. The molecule has 5 heteroatoms. The average Bonchev–Trinajstić information content (AvgIpc) is 2.75. The normalized spacial score (nSPS) is 17.4. The van der Waals surface area contributed by atoms with Crippen LogP contribution >= 0.6 is 11.8 Å². The molecule has 18 heavy (non-hydrogen) atoms. The lowest BCUT2D eigenvalue weighted by molar-refractivity contribution is -0.118. The number of rotatable bonds is 3. The Balaban J connectivity index is 2.27. The number of hydrogen-bond donors (Lipinski definition) is 2. The van der Waals surface area contributed by atoms with Crippen LogP contribution in [0.5, 0.6) is 11.5 Å². The maximum atomic E-state index is 10.8. The molecule has 1 aliphatic rings. The number of carbonyl (C=O) groups is 1. The number of primary amides is 1. The van der Waals surface area contributed by atoms with Gasteiger partial charge in [-0.3, -0.25) is 4.79 Å². The number of hydrogen-bond acceptors (Lipinski definition) is 4. The highest BCUT2D eigenvalue weighted by molar-refractivity contribution is 8.00. The molecule has 0 saturated carbocycles. The van der Waals surface area contributed by atoms with E-state index in [1.807, 2.05) is 20.8 Å². The predicted octanol–water partition coefficient (Wildman–Crippen LogP) is 2.39. The summed E-state index contributed by atoms with van der Waals surface area (Å²) in [5, 5.41) is 10.0. The van der Waals surface area contributed by atoms with Gasteiger partial charge in [-0.25, -0.2) is 0 Å². The third-order valence-corrected chi connectivity index (χ3v) is 4.61. The van der Waals surface area contributed by atoms with Gasteiger partial charge in [-0.1, -0.05) is 11.8 Å². The van der Waals surface area contributed by atoms with Crippen LogP contribution in [0, 0.1) is 20.8 Å². The minimum atomic E-state index is -0.317. The van der Waals surface area contributed by atoms with Gasteiger partial charge in [0, 0.05) is 18.4 Å². The van der Waals surface area contributed by atoms with Crippen LogP contribution in [0.2, 0.25) is 0 Å². The Kier molecular flexibility index (Phi) is 3.43. The average molecular weight is 267 g/mol. The van der Waals surface area contributed by atoms with Crippen molar-refractivity contribution < 1.29 is 14.6 Å². The second kappa shape index (κ2) is 4.72. The first kappa shape index (κ1) is 13.1. The Hall–Kier alpha value is -1.36. The highest BCUT2D eigenvalue weighted by atomic mass is 32.2. The third-order valence-electron chi connectivity index (χ3n) is 3.29. The number of fused-ring (bicyclic) bond motifs is 1. The zero-order valence-electron chi connectivity index (χ0n) is 10.7. The number of thioether (sulfide) groups is 1. The smallest absolute Gasteiger partial charge is 0.217 e. The molecule has 1 aromatic rings. The van der Waals surface area contributed by atoms with Crippen LogP contribution in [0.4, 0.5) is 0 Å². The number of ether oxygens (including phenoxy) is 1. The number of carbonyl (C=O) groups excluding carboxylic acids is 1. The molecule has 0 fully saturated rings. The van der Waals surface area contributed by atoms with E-state index in [1.54, 1.807) is 11.8 Å². The first-order valence-corrected chi connectivity index (χ1v) is 6.74. The second-order valence-corrected chi connectivity index (χ2v) is 5.72. The quantitative estimate of drug-likeness (QED) is 0.882. The van der Waals surface area contributed by atoms with Gasteiger partial charge in [0.2, 0.25) is 5.91 Å². The fraction of sp³-hybridized carbons (Fsp3) is 0.462. The van der Waals surface area contributed by atoms with E-state index in [0.717, 1.165) is 27.3 Å². The molecule has 1 aromatic carbocycles. The van der Waals surface area contributed by atoms with Gasteiger partial charge in [0.15, 0.2) is 0 Å². The van der Waals surface area contributed by atoms with Crippen LogP contribution < -0.4 is 10.5 Å². The number of benzene rings is 1. The monoisotopic (exact) mass is 267 g/mol. The number of phenols is 1. The molecule has 0 aromatic heterocycles. The Bertz CT molecular complexity index is 477. The van der Waals surface area contributed by atoms with Crippen molar-refractivity contribution in [2.24, 2.45) is 5.73 Å². The number of phenolic OH excluding ortho intramolecular Hbond substituents is 1. The van der Waals surface area contributed by atoms with E-state index < -0.39 is 0 Å². The molecule has 1 unspecified atom stereocenters. The SMILES string of the molecule is Cc1c(C)c2c(c(C)c1O)SC(CCC(N)=O)O2. The van der Waals surface area contributed by atoms with Gasteiger partial charge in [-0.05, 0) is 31.9 Å². The fourth-order valence-corrected chi connectivity index (χ4v) is 3.25.